The van der Waals surface area contributed by atoms with Crippen molar-refractivity contribution in [2.75, 3.05) is 45.9 Å². The van der Waals surface area contributed by atoms with E-state index in [-0.39, 0.29) is 58.5 Å². The Bertz CT molecular complexity index is 500. The minimum atomic E-state index is -2.67. The van der Waals surface area contributed by atoms with Gasteiger partial charge in [0.1, 0.15) is 22.4 Å². The SMILES string of the molecule is NCCC(O)(CCN)[C@@](O)(CCN)[C@](O)(CCN)[C@@](O)(CCN)[C@](O)(CO)CCN. The first-order valence-electron chi connectivity index (χ1n) is 10.4. The van der Waals surface area contributed by atoms with Gasteiger partial charge in [0, 0.05) is 0 Å². The van der Waals surface area contributed by atoms with Gasteiger partial charge in [0.05, 0.1) is 12.2 Å². The molecular formula is C18H44N6O6. The number of nitrogens with two attached hydrogens (primary N) is 6. The van der Waals surface area contributed by atoms with E-state index in [0.717, 1.165) is 0 Å². The van der Waals surface area contributed by atoms with E-state index in [2.05, 4.69) is 0 Å². The first-order valence-corrected chi connectivity index (χ1v) is 10.4. The molecule has 0 aromatic rings. The second kappa shape index (κ2) is 11.9. The van der Waals surface area contributed by atoms with Crippen LogP contribution >= 0.6 is 0 Å². The Morgan fingerprint density at radius 3 is 0.967 bits per heavy atom. The average Bonchev–Trinajstić information content (AvgIpc) is 2.68. The summed E-state index contributed by atoms with van der Waals surface area (Å²) in [4.78, 5) is 0. The molecule has 0 aliphatic heterocycles. The molecule has 0 aromatic heterocycles. The lowest BCUT2D eigenvalue weighted by Gasteiger charge is -2.61. The van der Waals surface area contributed by atoms with Crippen LogP contribution in [-0.2, 0) is 0 Å². The Morgan fingerprint density at radius 2 is 0.667 bits per heavy atom. The number of aliphatic hydroxyl groups is 6. The van der Waals surface area contributed by atoms with E-state index in [9.17, 15) is 30.6 Å². The van der Waals surface area contributed by atoms with E-state index in [4.69, 9.17) is 34.4 Å². The van der Waals surface area contributed by atoms with Gasteiger partial charge in [-0.25, -0.2) is 0 Å². The molecule has 0 aliphatic carbocycles. The molecule has 0 unspecified atom stereocenters. The zero-order valence-electron chi connectivity index (χ0n) is 17.8. The Labute approximate surface area is 178 Å². The van der Waals surface area contributed by atoms with Gasteiger partial charge in [0.2, 0.25) is 0 Å². The van der Waals surface area contributed by atoms with Gasteiger partial charge < -0.3 is 65.0 Å². The second-order valence-electron chi connectivity index (χ2n) is 8.03. The number of hydrogen-bond donors (Lipinski definition) is 12. The summed E-state index contributed by atoms with van der Waals surface area (Å²) < 4.78 is 0. The highest BCUT2D eigenvalue weighted by Crippen LogP contribution is 2.51. The summed E-state index contributed by atoms with van der Waals surface area (Å²) in [6, 6.07) is 0. The highest BCUT2D eigenvalue weighted by atomic mass is 16.4. The summed E-state index contributed by atoms with van der Waals surface area (Å²) in [6.45, 7) is -2.00. The molecule has 0 aromatic carbocycles. The molecule has 0 saturated carbocycles. The van der Waals surface area contributed by atoms with Crippen LogP contribution in [0.3, 0.4) is 0 Å². The van der Waals surface area contributed by atoms with Gasteiger partial charge in [-0.05, 0) is 77.8 Å². The first kappa shape index (κ1) is 29.5. The van der Waals surface area contributed by atoms with Crippen LogP contribution in [0.1, 0.15) is 38.5 Å². The summed E-state index contributed by atoms with van der Waals surface area (Å²) in [7, 11) is 0. The van der Waals surface area contributed by atoms with Gasteiger partial charge in [-0.2, -0.15) is 0 Å². The van der Waals surface area contributed by atoms with Gasteiger partial charge in [-0.3, -0.25) is 0 Å². The molecule has 4 atom stereocenters. The van der Waals surface area contributed by atoms with Crippen LogP contribution in [-0.4, -0.2) is 105 Å². The highest BCUT2D eigenvalue weighted by Gasteiger charge is 2.72. The molecule has 0 fully saturated rings. The second-order valence-corrected chi connectivity index (χ2v) is 8.03. The third-order valence-corrected chi connectivity index (χ3v) is 6.36. The number of hydrogen-bond acceptors (Lipinski definition) is 12. The topological polar surface area (TPSA) is 278 Å². The van der Waals surface area contributed by atoms with Crippen molar-refractivity contribution in [3.8, 4) is 0 Å². The van der Waals surface area contributed by atoms with E-state index >= 15 is 0 Å². The molecule has 182 valence electrons. The smallest absolute Gasteiger partial charge is 0.129 e. The van der Waals surface area contributed by atoms with Crippen molar-refractivity contribution in [3.05, 3.63) is 0 Å². The molecule has 0 heterocycles. The van der Waals surface area contributed by atoms with E-state index in [1.807, 2.05) is 0 Å². The Hall–Kier alpha value is -0.480. The summed E-state index contributed by atoms with van der Waals surface area (Å²) in [5.74, 6) is 0. The van der Waals surface area contributed by atoms with E-state index < -0.39 is 53.9 Å². The lowest BCUT2D eigenvalue weighted by atomic mass is 9.54. The van der Waals surface area contributed by atoms with Crippen molar-refractivity contribution in [1.29, 1.82) is 0 Å². The summed E-state index contributed by atoms with van der Waals surface area (Å²) >= 11 is 0. The summed E-state index contributed by atoms with van der Waals surface area (Å²) in [6.07, 6.45) is -2.03. The molecular weight excluding hydrogens is 396 g/mol. The average molecular weight is 441 g/mol. The van der Waals surface area contributed by atoms with Crippen molar-refractivity contribution < 1.29 is 30.6 Å². The number of aliphatic hydroxyl groups excluding tert-OH is 1. The quantitative estimate of drug-likeness (QED) is 0.101. The molecule has 0 spiro atoms. The minimum absolute atomic E-state index is 0.0789. The van der Waals surface area contributed by atoms with Gasteiger partial charge in [0.25, 0.3) is 0 Å². The van der Waals surface area contributed by atoms with Crippen molar-refractivity contribution in [3.63, 3.8) is 0 Å². The third kappa shape index (κ3) is 4.95. The standard InChI is InChI=1S/C18H44N6O6/c19-7-1-14(26,2-8-20)16(28,4-10-22)18(30,6-12-24)17(29,5-11-23)15(27,13-25)3-9-21/h25-30H,1-13,19-24H2/t15-,16+,17-,18-/m1/s1. The molecule has 0 saturated heterocycles. The monoisotopic (exact) mass is 440 g/mol. The van der Waals surface area contributed by atoms with Gasteiger partial charge in [-0.1, -0.05) is 0 Å². The molecule has 0 amide bonds. The molecule has 12 heteroatoms. The van der Waals surface area contributed by atoms with E-state index in [1.165, 1.54) is 0 Å². The van der Waals surface area contributed by atoms with Crippen molar-refractivity contribution >= 4 is 0 Å². The molecule has 0 rings (SSSR count). The van der Waals surface area contributed by atoms with Crippen molar-refractivity contribution in [2.45, 2.75) is 66.5 Å². The Morgan fingerprint density at radius 1 is 0.400 bits per heavy atom. The number of rotatable bonds is 17. The van der Waals surface area contributed by atoms with Crippen LogP contribution in [0.25, 0.3) is 0 Å². The van der Waals surface area contributed by atoms with Crippen molar-refractivity contribution in [1.82, 2.24) is 0 Å². The lowest BCUT2D eigenvalue weighted by molar-refractivity contribution is -0.344. The maximum atomic E-state index is 11.9. The summed E-state index contributed by atoms with van der Waals surface area (Å²) in [5, 5.41) is 68.1. The maximum Gasteiger partial charge on any atom is 0.129 e. The van der Waals surface area contributed by atoms with E-state index in [1.54, 1.807) is 0 Å². The molecule has 12 nitrogen and oxygen atoms in total. The minimum Gasteiger partial charge on any atom is -0.393 e. The fraction of sp³-hybridized carbons (Fsp3) is 1.00. The van der Waals surface area contributed by atoms with Crippen LogP contribution in [0.15, 0.2) is 0 Å². The highest BCUT2D eigenvalue weighted by molar-refractivity contribution is 5.24. The largest absolute Gasteiger partial charge is 0.393 e. The molecule has 0 aliphatic rings. The Balaban J connectivity index is 7.15. The first-order chi connectivity index (χ1) is 13.9. The zero-order valence-corrected chi connectivity index (χ0v) is 17.8. The molecule has 0 bridgehead atoms. The lowest BCUT2D eigenvalue weighted by Crippen LogP contribution is -2.82. The maximum absolute atomic E-state index is 11.9. The Kier molecular flexibility index (Phi) is 11.8. The third-order valence-electron chi connectivity index (χ3n) is 6.36. The van der Waals surface area contributed by atoms with E-state index in [0.29, 0.717) is 0 Å². The fourth-order valence-electron chi connectivity index (χ4n) is 4.70. The van der Waals surface area contributed by atoms with Gasteiger partial charge in [0.15, 0.2) is 0 Å². The summed E-state index contributed by atoms with van der Waals surface area (Å²) in [5.41, 5.74) is 21.6. The predicted molar refractivity (Wildman–Crippen MR) is 114 cm³/mol. The zero-order chi connectivity index (χ0) is 23.7. The van der Waals surface area contributed by atoms with Gasteiger partial charge in [-0.15, -0.1) is 0 Å². The van der Waals surface area contributed by atoms with Crippen LogP contribution in [0.2, 0.25) is 0 Å². The molecule has 30 heavy (non-hydrogen) atoms. The van der Waals surface area contributed by atoms with Crippen LogP contribution in [0.5, 0.6) is 0 Å². The van der Waals surface area contributed by atoms with Gasteiger partial charge >= 0.3 is 0 Å². The van der Waals surface area contributed by atoms with Crippen LogP contribution in [0, 0.1) is 0 Å². The molecule has 18 N–H and O–H groups in total. The molecule has 0 radical (unpaired) electrons. The fourth-order valence-corrected chi connectivity index (χ4v) is 4.70. The van der Waals surface area contributed by atoms with Crippen LogP contribution < -0.4 is 34.4 Å². The van der Waals surface area contributed by atoms with Crippen molar-refractivity contribution in [2.24, 2.45) is 34.4 Å². The van der Waals surface area contributed by atoms with Crippen LogP contribution in [0.4, 0.5) is 0 Å². The predicted octanol–water partition coefficient (Wildman–Crippen LogP) is -5.27. The normalized spacial score (nSPS) is 20.8.